The molecule has 2 heterocycles. The highest BCUT2D eigenvalue weighted by molar-refractivity contribution is 5.76. The van der Waals surface area contributed by atoms with E-state index in [4.69, 9.17) is 10.5 Å². The molecule has 0 atom stereocenters. The van der Waals surface area contributed by atoms with Crippen molar-refractivity contribution in [3.63, 3.8) is 0 Å². The van der Waals surface area contributed by atoms with Crippen molar-refractivity contribution < 1.29 is 9.53 Å². The summed E-state index contributed by atoms with van der Waals surface area (Å²) in [6.45, 7) is 3.55. The van der Waals surface area contributed by atoms with Gasteiger partial charge in [-0.05, 0) is 19.8 Å². The van der Waals surface area contributed by atoms with Crippen molar-refractivity contribution in [3.05, 3.63) is 6.33 Å². The van der Waals surface area contributed by atoms with Gasteiger partial charge in [-0.25, -0.2) is 9.67 Å². The van der Waals surface area contributed by atoms with E-state index in [0.717, 1.165) is 12.8 Å². The van der Waals surface area contributed by atoms with Crippen LogP contribution in [0, 0.1) is 0 Å². The zero-order chi connectivity index (χ0) is 12.3. The number of nitrogens with one attached hydrogen (secondary N) is 1. The molecule has 7 heteroatoms. The van der Waals surface area contributed by atoms with Gasteiger partial charge in [0.15, 0.2) is 0 Å². The standard InChI is InChI=1S/C10H17N5O2/c1-10(2-4-17-5-3-10)13-8(16)6-15-7-12-9(11)14-15/h7H,2-6H2,1H3,(H2,11,14)(H,13,16). The molecule has 0 aromatic carbocycles. The second kappa shape index (κ2) is 4.70. The number of anilines is 1. The molecule has 1 aliphatic rings. The maximum atomic E-state index is 11.8. The van der Waals surface area contributed by atoms with Crippen LogP contribution in [0.25, 0.3) is 0 Å². The Morgan fingerprint density at radius 2 is 2.35 bits per heavy atom. The average molecular weight is 239 g/mol. The third-order valence-electron chi connectivity index (χ3n) is 2.90. The predicted molar refractivity (Wildman–Crippen MR) is 61.0 cm³/mol. The van der Waals surface area contributed by atoms with Crippen LogP contribution >= 0.6 is 0 Å². The number of carbonyl (C=O) groups excluding carboxylic acids is 1. The Balaban J connectivity index is 1.88. The number of nitrogens with two attached hydrogens (primary N) is 1. The maximum Gasteiger partial charge on any atom is 0.242 e. The van der Waals surface area contributed by atoms with Crippen molar-refractivity contribution >= 4 is 11.9 Å². The second-order valence-corrected chi connectivity index (χ2v) is 4.52. The predicted octanol–water partition coefficient (Wildman–Crippen LogP) is -0.454. The SMILES string of the molecule is CC1(NC(=O)Cn2cnc(N)n2)CCOCC1. The van der Waals surface area contributed by atoms with E-state index < -0.39 is 0 Å². The lowest BCUT2D eigenvalue weighted by Gasteiger charge is -2.34. The van der Waals surface area contributed by atoms with Crippen molar-refractivity contribution in [1.82, 2.24) is 20.1 Å². The van der Waals surface area contributed by atoms with E-state index in [1.54, 1.807) is 0 Å². The Morgan fingerprint density at radius 3 is 2.94 bits per heavy atom. The molecule has 1 fully saturated rings. The maximum absolute atomic E-state index is 11.8. The molecule has 17 heavy (non-hydrogen) atoms. The monoisotopic (exact) mass is 239 g/mol. The Hall–Kier alpha value is -1.63. The Labute approximate surface area is 99.3 Å². The van der Waals surface area contributed by atoms with Gasteiger partial charge >= 0.3 is 0 Å². The lowest BCUT2D eigenvalue weighted by atomic mass is 9.92. The van der Waals surface area contributed by atoms with Crippen molar-refractivity contribution in [3.8, 4) is 0 Å². The van der Waals surface area contributed by atoms with E-state index >= 15 is 0 Å². The molecular weight excluding hydrogens is 222 g/mol. The molecule has 2 rings (SSSR count). The second-order valence-electron chi connectivity index (χ2n) is 4.52. The molecule has 3 N–H and O–H groups in total. The van der Waals surface area contributed by atoms with Crippen LogP contribution in [0.2, 0.25) is 0 Å². The van der Waals surface area contributed by atoms with E-state index in [1.165, 1.54) is 11.0 Å². The highest BCUT2D eigenvalue weighted by atomic mass is 16.5. The van der Waals surface area contributed by atoms with E-state index in [9.17, 15) is 4.79 Å². The molecule has 1 saturated heterocycles. The van der Waals surface area contributed by atoms with Crippen LogP contribution in [0.1, 0.15) is 19.8 Å². The minimum absolute atomic E-state index is 0.0840. The van der Waals surface area contributed by atoms with Crippen LogP contribution in [0.4, 0.5) is 5.95 Å². The number of aromatic nitrogens is 3. The van der Waals surface area contributed by atoms with Gasteiger partial charge in [-0.1, -0.05) is 0 Å². The van der Waals surface area contributed by atoms with Gasteiger partial charge in [0.2, 0.25) is 11.9 Å². The number of amides is 1. The molecule has 0 aliphatic carbocycles. The Bertz CT molecular complexity index is 397. The fourth-order valence-electron chi connectivity index (χ4n) is 1.86. The molecule has 94 valence electrons. The zero-order valence-corrected chi connectivity index (χ0v) is 9.85. The third-order valence-corrected chi connectivity index (χ3v) is 2.90. The van der Waals surface area contributed by atoms with E-state index in [1.807, 2.05) is 6.92 Å². The van der Waals surface area contributed by atoms with Gasteiger partial charge in [0.05, 0.1) is 0 Å². The minimum Gasteiger partial charge on any atom is -0.381 e. The van der Waals surface area contributed by atoms with Gasteiger partial charge in [-0.2, -0.15) is 0 Å². The summed E-state index contributed by atoms with van der Waals surface area (Å²) < 4.78 is 6.70. The number of hydrogen-bond acceptors (Lipinski definition) is 5. The van der Waals surface area contributed by atoms with Crippen LogP contribution in [0.15, 0.2) is 6.33 Å². The number of nitrogen functional groups attached to an aromatic ring is 1. The van der Waals surface area contributed by atoms with Gasteiger partial charge in [0.1, 0.15) is 12.9 Å². The highest BCUT2D eigenvalue weighted by Crippen LogP contribution is 2.19. The van der Waals surface area contributed by atoms with E-state index in [0.29, 0.717) is 13.2 Å². The smallest absolute Gasteiger partial charge is 0.242 e. The summed E-state index contributed by atoms with van der Waals surface area (Å²) in [5.41, 5.74) is 5.19. The normalized spacial score (nSPS) is 18.9. The molecule has 1 aromatic heterocycles. The first-order valence-electron chi connectivity index (χ1n) is 5.61. The molecule has 7 nitrogen and oxygen atoms in total. The lowest BCUT2D eigenvalue weighted by molar-refractivity contribution is -0.124. The fourth-order valence-corrected chi connectivity index (χ4v) is 1.86. The first-order valence-corrected chi connectivity index (χ1v) is 5.61. The molecule has 0 unspecified atom stereocenters. The van der Waals surface area contributed by atoms with Gasteiger partial charge in [0, 0.05) is 18.8 Å². The largest absolute Gasteiger partial charge is 0.381 e. The van der Waals surface area contributed by atoms with Crippen LogP contribution in [-0.2, 0) is 16.1 Å². The number of carbonyl (C=O) groups is 1. The van der Waals surface area contributed by atoms with Gasteiger partial charge in [0.25, 0.3) is 0 Å². The number of ether oxygens (including phenoxy) is 1. The summed E-state index contributed by atoms with van der Waals surface area (Å²) >= 11 is 0. The summed E-state index contributed by atoms with van der Waals surface area (Å²) in [5.74, 6) is 0.0920. The molecule has 0 bridgehead atoms. The average Bonchev–Trinajstić information content (AvgIpc) is 2.63. The molecule has 1 aliphatic heterocycles. The summed E-state index contributed by atoms with van der Waals surface area (Å²) in [5, 5.41) is 6.87. The topological polar surface area (TPSA) is 95.1 Å². The third kappa shape index (κ3) is 3.16. The highest BCUT2D eigenvalue weighted by Gasteiger charge is 2.28. The van der Waals surface area contributed by atoms with Crippen molar-refractivity contribution in [1.29, 1.82) is 0 Å². The molecule has 0 spiro atoms. The van der Waals surface area contributed by atoms with Crippen LogP contribution in [0.3, 0.4) is 0 Å². The summed E-state index contributed by atoms with van der Waals surface area (Å²) in [7, 11) is 0. The minimum atomic E-state index is -0.179. The summed E-state index contributed by atoms with van der Waals surface area (Å²) in [6, 6.07) is 0. The van der Waals surface area contributed by atoms with E-state index in [-0.39, 0.29) is 23.9 Å². The summed E-state index contributed by atoms with van der Waals surface area (Å²) in [4.78, 5) is 15.6. The first kappa shape index (κ1) is 11.8. The quantitative estimate of drug-likeness (QED) is 0.744. The molecule has 1 aromatic rings. The molecule has 1 amide bonds. The van der Waals surface area contributed by atoms with Crippen LogP contribution in [-0.4, -0.2) is 39.4 Å². The number of nitrogens with zero attached hydrogens (tertiary/aromatic N) is 3. The van der Waals surface area contributed by atoms with Crippen molar-refractivity contribution in [2.45, 2.75) is 31.8 Å². The van der Waals surface area contributed by atoms with Crippen molar-refractivity contribution in [2.24, 2.45) is 0 Å². The molecule has 0 radical (unpaired) electrons. The van der Waals surface area contributed by atoms with Gasteiger partial charge < -0.3 is 15.8 Å². The van der Waals surface area contributed by atoms with Crippen LogP contribution < -0.4 is 11.1 Å². The molecular formula is C10H17N5O2. The first-order chi connectivity index (χ1) is 8.07. The zero-order valence-electron chi connectivity index (χ0n) is 9.85. The number of hydrogen-bond donors (Lipinski definition) is 2. The van der Waals surface area contributed by atoms with Crippen molar-refractivity contribution in [2.75, 3.05) is 18.9 Å². The van der Waals surface area contributed by atoms with Gasteiger partial charge in [-0.15, -0.1) is 5.10 Å². The Kier molecular flexibility index (Phi) is 3.28. The Morgan fingerprint density at radius 1 is 1.65 bits per heavy atom. The molecule has 0 saturated carbocycles. The van der Waals surface area contributed by atoms with E-state index in [2.05, 4.69) is 15.4 Å². The van der Waals surface area contributed by atoms with Crippen LogP contribution in [0.5, 0.6) is 0 Å². The summed E-state index contributed by atoms with van der Waals surface area (Å²) in [6.07, 6.45) is 3.11. The lowest BCUT2D eigenvalue weighted by Crippen LogP contribution is -2.50. The van der Waals surface area contributed by atoms with Gasteiger partial charge in [-0.3, -0.25) is 4.79 Å². The fraction of sp³-hybridized carbons (Fsp3) is 0.700. The number of rotatable bonds is 3.